The Hall–Kier alpha value is -0.570. The molecule has 0 aromatic heterocycles. The van der Waals surface area contributed by atoms with E-state index in [4.69, 9.17) is 4.74 Å². The van der Waals surface area contributed by atoms with Gasteiger partial charge in [0.25, 0.3) is 0 Å². The van der Waals surface area contributed by atoms with E-state index in [9.17, 15) is 4.79 Å². The van der Waals surface area contributed by atoms with E-state index in [-0.39, 0.29) is 12.0 Å². The summed E-state index contributed by atoms with van der Waals surface area (Å²) >= 11 is 0. The van der Waals surface area contributed by atoms with Crippen LogP contribution in [0.5, 0.6) is 0 Å². The maximum absolute atomic E-state index is 11.0. The summed E-state index contributed by atoms with van der Waals surface area (Å²) in [5.74, 6) is 0.605. The molecule has 0 saturated carbocycles. The number of cyclic esters (lactones) is 1. The van der Waals surface area contributed by atoms with Gasteiger partial charge in [-0.05, 0) is 18.9 Å². The molecule has 3 nitrogen and oxygen atoms in total. The van der Waals surface area contributed by atoms with E-state index in [0.29, 0.717) is 12.5 Å². The van der Waals surface area contributed by atoms with E-state index in [0.717, 1.165) is 19.4 Å². The number of ether oxygens (including phenoxy) is 1. The largest absolute Gasteiger partial charge is 0.464 e. The van der Waals surface area contributed by atoms with Crippen molar-refractivity contribution < 1.29 is 9.53 Å². The van der Waals surface area contributed by atoms with Crippen molar-refractivity contribution in [2.45, 2.75) is 32.7 Å². The van der Waals surface area contributed by atoms with Crippen LogP contribution in [0.25, 0.3) is 0 Å². The molecule has 0 bridgehead atoms. The monoisotopic (exact) mass is 171 g/mol. The zero-order valence-electron chi connectivity index (χ0n) is 7.80. The van der Waals surface area contributed by atoms with E-state index >= 15 is 0 Å². The lowest BCUT2D eigenvalue weighted by Gasteiger charge is -2.09. The summed E-state index contributed by atoms with van der Waals surface area (Å²) in [6, 6.07) is -0.0382. The Morgan fingerprint density at radius 3 is 2.92 bits per heavy atom. The lowest BCUT2D eigenvalue weighted by Crippen LogP contribution is -2.34. The molecule has 1 heterocycles. The SMILES string of the molecule is CC(C)CCNC1CCOC1=O. The summed E-state index contributed by atoms with van der Waals surface area (Å²) < 4.78 is 4.82. The van der Waals surface area contributed by atoms with Crippen LogP contribution in [-0.4, -0.2) is 25.2 Å². The first-order valence-electron chi connectivity index (χ1n) is 4.60. The predicted octanol–water partition coefficient (Wildman–Crippen LogP) is 0.938. The predicted molar refractivity (Wildman–Crippen MR) is 46.8 cm³/mol. The molecule has 3 heteroatoms. The van der Waals surface area contributed by atoms with Crippen LogP contribution in [0.2, 0.25) is 0 Å². The third kappa shape index (κ3) is 2.81. The minimum Gasteiger partial charge on any atom is -0.464 e. The van der Waals surface area contributed by atoms with Crippen molar-refractivity contribution in [3.05, 3.63) is 0 Å². The van der Waals surface area contributed by atoms with Crippen molar-refractivity contribution in [2.24, 2.45) is 5.92 Å². The first-order valence-corrected chi connectivity index (χ1v) is 4.60. The van der Waals surface area contributed by atoms with Gasteiger partial charge in [0.15, 0.2) is 0 Å². The van der Waals surface area contributed by atoms with E-state index in [1.165, 1.54) is 0 Å². The summed E-state index contributed by atoms with van der Waals surface area (Å²) in [4.78, 5) is 11.0. The summed E-state index contributed by atoms with van der Waals surface area (Å²) in [6.45, 7) is 5.85. The molecule has 1 aliphatic heterocycles. The zero-order chi connectivity index (χ0) is 8.97. The second kappa shape index (κ2) is 4.45. The van der Waals surface area contributed by atoms with E-state index in [1.807, 2.05) is 0 Å². The van der Waals surface area contributed by atoms with Gasteiger partial charge in [0.05, 0.1) is 6.61 Å². The lowest BCUT2D eigenvalue weighted by molar-refractivity contribution is -0.139. The smallest absolute Gasteiger partial charge is 0.323 e. The number of rotatable bonds is 4. The van der Waals surface area contributed by atoms with E-state index < -0.39 is 0 Å². The summed E-state index contributed by atoms with van der Waals surface area (Å²) in [5, 5.41) is 3.19. The summed E-state index contributed by atoms with van der Waals surface area (Å²) in [6.07, 6.45) is 1.95. The van der Waals surface area contributed by atoms with Crippen LogP contribution >= 0.6 is 0 Å². The summed E-state index contributed by atoms with van der Waals surface area (Å²) in [5.41, 5.74) is 0. The van der Waals surface area contributed by atoms with Crippen molar-refractivity contribution in [1.29, 1.82) is 0 Å². The molecule has 0 aromatic rings. The van der Waals surface area contributed by atoms with Crippen LogP contribution in [0.3, 0.4) is 0 Å². The molecule has 12 heavy (non-hydrogen) atoms. The molecular weight excluding hydrogens is 154 g/mol. The minimum absolute atomic E-state index is 0.0382. The lowest BCUT2D eigenvalue weighted by atomic mass is 10.1. The molecule has 1 saturated heterocycles. The first kappa shape index (κ1) is 9.52. The van der Waals surface area contributed by atoms with Gasteiger partial charge in [0.1, 0.15) is 6.04 Å². The average Bonchev–Trinajstić information content (AvgIpc) is 2.36. The molecule has 1 atom stereocenters. The Labute approximate surface area is 73.5 Å². The molecule has 0 aliphatic carbocycles. The third-order valence-corrected chi connectivity index (χ3v) is 2.05. The molecule has 1 rings (SSSR count). The van der Waals surface area contributed by atoms with Crippen LogP contribution in [0, 0.1) is 5.92 Å². The minimum atomic E-state index is -0.0845. The van der Waals surface area contributed by atoms with Gasteiger partial charge in [0.2, 0.25) is 0 Å². The number of hydrogen-bond donors (Lipinski definition) is 1. The van der Waals surface area contributed by atoms with Crippen LogP contribution in [-0.2, 0) is 9.53 Å². The molecule has 1 aliphatic rings. The van der Waals surface area contributed by atoms with Crippen LogP contribution in [0.15, 0.2) is 0 Å². The van der Waals surface area contributed by atoms with E-state index in [1.54, 1.807) is 0 Å². The van der Waals surface area contributed by atoms with Crippen molar-refractivity contribution in [2.75, 3.05) is 13.2 Å². The van der Waals surface area contributed by atoms with Gasteiger partial charge in [-0.25, -0.2) is 0 Å². The molecule has 1 N–H and O–H groups in total. The number of carbonyl (C=O) groups is 1. The maximum Gasteiger partial charge on any atom is 0.323 e. The van der Waals surface area contributed by atoms with Gasteiger partial charge in [-0.15, -0.1) is 0 Å². The topological polar surface area (TPSA) is 38.3 Å². The van der Waals surface area contributed by atoms with Gasteiger partial charge in [-0.2, -0.15) is 0 Å². The van der Waals surface area contributed by atoms with Crippen molar-refractivity contribution in [3.63, 3.8) is 0 Å². The molecule has 70 valence electrons. The standard InChI is InChI=1S/C9H17NO2/c1-7(2)3-5-10-8-4-6-12-9(8)11/h7-8,10H,3-6H2,1-2H3. The fourth-order valence-corrected chi connectivity index (χ4v) is 1.23. The fraction of sp³-hybridized carbons (Fsp3) is 0.889. The Bertz CT molecular complexity index is 157. The van der Waals surface area contributed by atoms with Gasteiger partial charge in [0, 0.05) is 6.42 Å². The Kier molecular flexibility index (Phi) is 3.53. The normalized spacial score (nSPS) is 23.2. The average molecular weight is 171 g/mol. The number of esters is 1. The highest BCUT2D eigenvalue weighted by Crippen LogP contribution is 2.06. The molecule has 1 fully saturated rings. The molecule has 0 spiro atoms. The number of carbonyl (C=O) groups excluding carboxylic acids is 1. The highest BCUT2D eigenvalue weighted by atomic mass is 16.5. The first-order chi connectivity index (χ1) is 5.70. The highest BCUT2D eigenvalue weighted by Gasteiger charge is 2.25. The quantitative estimate of drug-likeness (QED) is 0.640. The van der Waals surface area contributed by atoms with Gasteiger partial charge in [-0.3, -0.25) is 4.79 Å². The third-order valence-electron chi connectivity index (χ3n) is 2.05. The Morgan fingerprint density at radius 2 is 2.42 bits per heavy atom. The van der Waals surface area contributed by atoms with Crippen LogP contribution in [0.4, 0.5) is 0 Å². The van der Waals surface area contributed by atoms with Crippen LogP contribution < -0.4 is 5.32 Å². The number of hydrogen-bond acceptors (Lipinski definition) is 3. The second-order valence-electron chi connectivity index (χ2n) is 3.65. The second-order valence-corrected chi connectivity index (χ2v) is 3.65. The zero-order valence-corrected chi connectivity index (χ0v) is 7.80. The van der Waals surface area contributed by atoms with Gasteiger partial charge < -0.3 is 10.1 Å². The Morgan fingerprint density at radius 1 is 1.67 bits per heavy atom. The molecule has 0 amide bonds. The van der Waals surface area contributed by atoms with Crippen molar-refractivity contribution in [1.82, 2.24) is 5.32 Å². The molecule has 0 radical (unpaired) electrons. The van der Waals surface area contributed by atoms with Crippen molar-refractivity contribution >= 4 is 5.97 Å². The molecule has 0 aromatic carbocycles. The molecule has 1 unspecified atom stereocenters. The highest BCUT2D eigenvalue weighted by molar-refractivity contribution is 5.77. The molecular formula is C9H17NO2. The fourth-order valence-electron chi connectivity index (χ4n) is 1.23. The van der Waals surface area contributed by atoms with Gasteiger partial charge in [-0.1, -0.05) is 13.8 Å². The van der Waals surface area contributed by atoms with Crippen molar-refractivity contribution in [3.8, 4) is 0 Å². The number of nitrogens with one attached hydrogen (secondary N) is 1. The van der Waals surface area contributed by atoms with Gasteiger partial charge >= 0.3 is 5.97 Å². The van der Waals surface area contributed by atoms with Crippen LogP contribution in [0.1, 0.15) is 26.7 Å². The Balaban J connectivity index is 2.10. The van der Waals surface area contributed by atoms with E-state index in [2.05, 4.69) is 19.2 Å². The maximum atomic E-state index is 11.0. The summed E-state index contributed by atoms with van der Waals surface area (Å²) in [7, 11) is 0.